The molecular formula is C17H14Cl2O. The van der Waals surface area contributed by atoms with Crippen molar-refractivity contribution in [1.82, 2.24) is 0 Å². The van der Waals surface area contributed by atoms with E-state index in [1.54, 1.807) is 24.3 Å². The van der Waals surface area contributed by atoms with E-state index in [9.17, 15) is 4.79 Å². The van der Waals surface area contributed by atoms with Crippen LogP contribution in [0.3, 0.4) is 0 Å². The maximum atomic E-state index is 12.2. The number of carbonyl (C=O) groups excluding carboxylic acids is 1. The van der Waals surface area contributed by atoms with Gasteiger partial charge < -0.3 is 0 Å². The highest BCUT2D eigenvalue weighted by atomic mass is 35.5. The van der Waals surface area contributed by atoms with Crippen LogP contribution in [0.2, 0.25) is 10.0 Å². The van der Waals surface area contributed by atoms with Gasteiger partial charge in [0, 0.05) is 15.6 Å². The highest BCUT2D eigenvalue weighted by Gasteiger charge is 2.06. The molecule has 3 heteroatoms. The standard InChI is InChI=1S/C17H14Cl2O/c1-11-3-4-12(2)15(9-11)17(20)8-6-13-5-7-14(18)10-16(13)19/h3-10H,1-2H3/b8-6+. The summed E-state index contributed by atoms with van der Waals surface area (Å²) < 4.78 is 0. The highest BCUT2D eigenvalue weighted by molar-refractivity contribution is 6.35. The monoisotopic (exact) mass is 304 g/mol. The molecule has 0 fully saturated rings. The van der Waals surface area contributed by atoms with Crippen molar-refractivity contribution in [2.75, 3.05) is 0 Å². The molecule has 0 aliphatic rings. The van der Waals surface area contributed by atoms with Gasteiger partial charge in [-0.2, -0.15) is 0 Å². The van der Waals surface area contributed by atoms with Crippen LogP contribution in [-0.2, 0) is 0 Å². The van der Waals surface area contributed by atoms with E-state index in [2.05, 4.69) is 0 Å². The van der Waals surface area contributed by atoms with Gasteiger partial charge in [-0.3, -0.25) is 4.79 Å². The maximum absolute atomic E-state index is 12.2. The van der Waals surface area contributed by atoms with Crippen LogP contribution < -0.4 is 0 Å². The minimum atomic E-state index is -0.0304. The van der Waals surface area contributed by atoms with Gasteiger partial charge >= 0.3 is 0 Å². The number of benzene rings is 2. The van der Waals surface area contributed by atoms with Crippen molar-refractivity contribution < 1.29 is 4.79 Å². The molecule has 0 radical (unpaired) electrons. The van der Waals surface area contributed by atoms with Crippen molar-refractivity contribution in [3.05, 3.63) is 74.8 Å². The van der Waals surface area contributed by atoms with Crippen LogP contribution in [0.15, 0.2) is 42.5 Å². The van der Waals surface area contributed by atoms with Crippen molar-refractivity contribution >= 4 is 35.1 Å². The predicted molar refractivity (Wildman–Crippen MR) is 85.7 cm³/mol. The lowest BCUT2D eigenvalue weighted by Crippen LogP contribution is -1.98. The molecule has 0 saturated carbocycles. The Balaban J connectivity index is 2.27. The molecule has 0 amide bonds. The van der Waals surface area contributed by atoms with Crippen LogP contribution in [0.25, 0.3) is 6.08 Å². The molecule has 2 rings (SSSR count). The lowest BCUT2D eigenvalue weighted by molar-refractivity contribution is 0.104. The molecule has 0 atom stereocenters. The molecule has 0 spiro atoms. The first-order valence-electron chi connectivity index (χ1n) is 6.22. The Kier molecular flexibility index (Phi) is 4.64. The molecule has 0 aromatic heterocycles. The fraction of sp³-hybridized carbons (Fsp3) is 0.118. The molecule has 0 aliphatic carbocycles. The first-order chi connectivity index (χ1) is 9.47. The summed E-state index contributed by atoms with van der Waals surface area (Å²) >= 11 is 11.9. The smallest absolute Gasteiger partial charge is 0.186 e. The van der Waals surface area contributed by atoms with E-state index in [-0.39, 0.29) is 5.78 Å². The Morgan fingerprint density at radius 2 is 1.80 bits per heavy atom. The van der Waals surface area contributed by atoms with Crippen molar-refractivity contribution in [2.45, 2.75) is 13.8 Å². The van der Waals surface area contributed by atoms with E-state index in [1.807, 2.05) is 32.0 Å². The van der Waals surface area contributed by atoms with Gasteiger partial charge in [0.1, 0.15) is 0 Å². The molecule has 102 valence electrons. The largest absolute Gasteiger partial charge is 0.289 e. The summed E-state index contributed by atoms with van der Waals surface area (Å²) in [7, 11) is 0. The van der Waals surface area contributed by atoms with E-state index in [0.29, 0.717) is 15.6 Å². The van der Waals surface area contributed by atoms with Crippen LogP contribution in [-0.4, -0.2) is 5.78 Å². The molecule has 0 N–H and O–H groups in total. The zero-order valence-corrected chi connectivity index (χ0v) is 12.8. The topological polar surface area (TPSA) is 17.1 Å². The first kappa shape index (κ1) is 14.8. The molecule has 2 aromatic carbocycles. The van der Waals surface area contributed by atoms with E-state index in [4.69, 9.17) is 23.2 Å². The fourth-order valence-electron chi connectivity index (χ4n) is 1.89. The Bertz CT molecular complexity index is 687. The molecule has 0 aliphatic heterocycles. The van der Waals surface area contributed by atoms with E-state index in [1.165, 1.54) is 6.08 Å². The summed E-state index contributed by atoms with van der Waals surface area (Å²) in [5, 5.41) is 1.11. The second-order valence-electron chi connectivity index (χ2n) is 4.68. The van der Waals surface area contributed by atoms with Gasteiger partial charge in [0.25, 0.3) is 0 Å². The van der Waals surface area contributed by atoms with Gasteiger partial charge in [-0.1, -0.05) is 47.0 Å². The number of allylic oxidation sites excluding steroid dienone is 1. The number of carbonyl (C=O) groups is 1. The lowest BCUT2D eigenvalue weighted by Gasteiger charge is -2.03. The highest BCUT2D eigenvalue weighted by Crippen LogP contribution is 2.22. The maximum Gasteiger partial charge on any atom is 0.186 e. The number of ketones is 1. The van der Waals surface area contributed by atoms with Crippen molar-refractivity contribution in [2.24, 2.45) is 0 Å². The third-order valence-electron chi connectivity index (χ3n) is 3.04. The predicted octanol–water partition coefficient (Wildman–Crippen LogP) is 5.51. The molecule has 0 saturated heterocycles. The normalized spacial score (nSPS) is 11.0. The minimum absolute atomic E-state index is 0.0304. The zero-order chi connectivity index (χ0) is 14.7. The SMILES string of the molecule is Cc1ccc(C)c(C(=O)/C=C/c2ccc(Cl)cc2Cl)c1. The Hall–Kier alpha value is -1.57. The summed E-state index contributed by atoms with van der Waals surface area (Å²) in [5.74, 6) is -0.0304. The average molecular weight is 305 g/mol. The first-order valence-corrected chi connectivity index (χ1v) is 6.97. The third kappa shape index (κ3) is 3.50. The van der Waals surface area contributed by atoms with Crippen LogP contribution >= 0.6 is 23.2 Å². The summed E-state index contributed by atoms with van der Waals surface area (Å²) in [4.78, 5) is 12.2. The van der Waals surface area contributed by atoms with E-state index >= 15 is 0 Å². The number of rotatable bonds is 3. The molecule has 0 heterocycles. The average Bonchev–Trinajstić information content (AvgIpc) is 2.40. The zero-order valence-electron chi connectivity index (χ0n) is 11.3. The van der Waals surface area contributed by atoms with Gasteiger partial charge in [0.2, 0.25) is 0 Å². The van der Waals surface area contributed by atoms with Crippen molar-refractivity contribution in [3.8, 4) is 0 Å². The third-order valence-corrected chi connectivity index (χ3v) is 3.60. The Labute approximate surface area is 128 Å². The van der Waals surface area contributed by atoms with E-state index < -0.39 is 0 Å². The Morgan fingerprint density at radius 1 is 1.05 bits per heavy atom. The summed E-state index contributed by atoms with van der Waals surface area (Å²) in [6.45, 7) is 3.89. The summed E-state index contributed by atoms with van der Waals surface area (Å²) in [5.41, 5.74) is 3.52. The second-order valence-corrected chi connectivity index (χ2v) is 5.53. The minimum Gasteiger partial charge on any atom is -0.289 e. The molecule has 1 nitrogen and oxygen atoms in total. The van der Waals surface area contributed by atoms with Gasteiger partial charge in [-0.05, 0) is 55.3 Å². The van der Waals surface area contributed by atoms with Gasteiger partial charge in [0.05, 0.1) is 0 Å². The summed E-state index contributed by atoms with van der Waals surface area (Å²) in [6, 6.07) is 11.0. The quantitative estimate of drug-likeness (QED) is 0.540. The van der Waals surface area contributed by atoms with Gasteiger partial charge in [-0.25, -0.2) is 0 Å². The molecule has 20 heavy (non-hydrogen) atoms. The van der Waals surface area contributed by atoms with Crippen molar-refractivity contribution in [3.63, 3.8) is 0 Å². The fourth-order valence-corrected chi connectivity index (χ4v) is 2.36. The number of aryl methyl sites for hydroxylation is 2. The second kappa shape index (κ2) is 6.25. The van der Waals surface area contributed by atoms with Crippen LogP contribution in [0, 0.1) is 13.8 Å². The van der Waals surface area contributed by atoms with Crippen LogP contribution in [0.5, 0.6) is 0 Å². The van der Waals surface area contributed by atoms with Crippen molar-refractivity contribution in [1.29, 1.82) is 0 Å². The molecular weight excluding hydrogens is 291 g/mol. The number of hydrogen-bond acceptors (Lipinski definition) is 1. The summed E-state index contributed by atoms with van der Waals surface area (Å²) in [6.07, 6.45) is 3.25. The van der Waals surface area contributed by atoms with E-state index in [0.717, 1.165) is 16.7 Å². The molecule has 2 aromatic rings. The van der Waals surface area contributed by atoms with Crippen LogP contribution in [0.1, 0.15) is 27.0 Å². The molecule has 0 bridgehead atoms. The van der Waals surface area contributed by atoms with Crippen LogP contribution in [0.4, 0.5) is 0 Å². The number of halogens is 2. The number of hydrogen-bond donors (Lipinski definition) is 0. The Morgan fingerprint density at radius 3 is 2.50 bits per heavy atom. The van der Waals surface area contributed by atoms with Gasteiger partial charge in [-0.15, -0.1) is 0 Å². The molecule has 0 unspecified atom stereocenters. The van der Waals surface area contributed by atoms with Gasteiger partial charge in [0.15, 0.2) is 5.78 Å². The lowest BCUT2D eigenvalue weighted by atomic mass is 10.0.